The normalized spacial score (nSPS) is 12.8. The quantitative estimate of drug-likeness (QED) is 0.712. The van der Waals surface area contributed by atoms with Gasteiger partial charge in [0.25, 0.3) is 11.5 Å². The summed E-state index contributed by atoms with van der Waals surface area (Å²) >= 11 is 0. The van der Waals surface area contributed by atoms with Crippen molar-refractivity contribution < 1.29 is 14.3 Å². The molecule has 3 aromatic rings. The van der Waals surface area contributed by atoms with Crippen LogP contribution in [0.1, 0.15) is 10.5 Å². The highest BCUT2D eigenvalue weighted by atomic mass is 16.6. The van der Waals surface area contributed by atoms with Crippen molar-refractivity contribution in [3.63, 3.8) is 0 Å². The van der Waals surface area contributed by atoms with E-state index in [9.17, 15) is 14.4 Å². The van der Waals surface area contributed by atoms with Crippen LogP contribution in [-0.2, 0) is 14.1 Å². The molecule has 0 saturated heterocycles. The summed E-state index contributed by atoms with van der Waals surface area (Å²) < 4.78 is 13.2. The molecule has 0 spiro atoms. The minimum absolute atomic E-state index is 0.0839. The number of amides is 1. The maximum atomic E-state index is 12.6. The van der Waals surface area contributed by atoms with Crippen LogP contribution in [0.4, 0.5) is 5.69 Å². The first kappa shape index (κ1) is 16.8. The molecule has 1 N–H and O–H groups in total. The van der Waals surface area contributed by atoms with Crippen LogP contribution in [0.5, 0.6) is 11.5 Å². The molecule has 0 aliphatic carbocycles. The molecule has 0 bridgehead atoms. The number of nitrogens with one attached hydrogen (secondary N) is 1. The first-order chi connectivity index (χ1) is 13.0. The third-order valence-corrected chi connectivity index (χ3v) is 4.33. The standard InChI is InChI=1S/C18H16N4O5/c1-21-15-11(17(24)22(2)18(21)25)4-5-12(20-15)16(23)19-10-3-6-13-14(9-10)27-8-7-26-13/h3-6,9H,7-8H2,1-2H3,(H,19,23). The van der Waals surface area contributed by atoms with Crippen molar-refractivity contribution in [2.75, 3.05) is 18.5 Å². The molecular weight excluding hydrogens is 352 g/mol. The minimum atomic E-state index is -0.510. The monoisotopic (exact) mass is 368 g/mol. The zero-order valence-electron chi connectivity index (χ0n) is 14.7. The predicted molar refractivity (Wildman–Crippen MR) is 97.6 cm³/mol. The molecule has 1 aromatic carbocycles. The van der Waals surface area contributed by atoms with E-state index in [-0.39, 0.29) is 16.7 Å². The Morgan fingerprint density at radius 2 is 1.78 bits per heavy atom. The lowest BCUT2D eigenvalue weighted by Gasteiger charge is -2.19. The molecular formula is C18H16N4O5. The Hall–Kier alpha value is -3.62. The number of ether oxygens (including phenoxy) is 2. The molecule has 0 unspecified atom stereocenters. The molecule has 1 aliphatic heterocycles. The Labute approximate surface area is 152 Å². The molecule has 4 rings (SSSR count). The molecule has 9 heteroatoms. The molecule has 3 heterocycles. The smallest absolute Gasteiger partial charge is 0.332 e. The van der Waals surface area contributed by atoms with E-state index in [1.54, 1.807) is 18.2 Å². The number of carbonyl (C=O) groups is 1. The number of nitrogens with zero attached hydrogens (tertiary/aromatic N) is 3. The van der Waals surface area contributed by atoms with Crippen molar-refractivity contribution in [3.8, 4) is 11.5 Å². The largest absolute Gasteiger partial charge is 0.486 e. The van der Waals surface area contributed by atoms with Crippen LogP contribution in [-0.4, -0.2) is 33.2 Å². The summed E-state index contributed by atoms with van der Waals surface area (Å²) in [5.41, 5.74) is -0.216. The van der Waals surface area contributed by atoms with Gasteiger partial charge in [-0.15, -0.1) is 0 Å². The molecule has 27 heavy (non-hydrogen) atoms. The molecule has 0 fully saturated rings. The van der Waals surface area contributed by atoms with E-state index < -0.39 is 17.2 Å². The van der Waals surface area contributed by atoms with Gasteiger partial charge in [0.05, 0.1) is 5.39 Å². The number of aromatic nitrogens is 3. The SMILES string of the molecule is Cn1c(=O)c2ccc(C(=O)Nc3ccc4c(c3)OCCO4)nc2n(C)c1=O. The fourth-order valence-corrected chi connectivity index (χ4v) is 2.90. The van der Waals surface area contributed by atoms with E-state index in [0.29, 0.717) is 30.4 Å². The van der Waals surface area contributed by atoms with Gasteiger partial charge in [0.2, 0.25) is 0 Å². The average molecular weight is 368 g/mol. The number of hydrogen-bond acceptors (Lipinski definition) is 6. The van der Waals surface area contributed by atoms with Gasteiger partial charge in [0.1, 0.15) is 24.6 Å². The number of aryl methyl sites for hydroxylation is 1. The van der Waals surface area contributed by atoms with Gasteiger partial charge >= 0.3 is 5.69 Å². The van der Waals surface area contributed by atoms with Gasteiger partial charge in [-0.1, -0.05) is 0 Å². The molecule has 2 aromatic heterocycles. The number of hydrogen-bond donors (Lipinski definition) is 1. The van der Waals surface area contributed by atoms with Gasteiger partial charge in [0, 0.05) is 25.8 Å². The molecule has 0 radical (unpaired) electrons. The van der Waals surface area contributed by atoms with Gasteiger partial charge in [0.15, 0.2) is 11.5 Å². The minimum Gasteiger partial charge on any atom is -0.486 e. The van der Waals surface area contributed by atoms with Crippen molar-refractivity contribution in [1.29, 1.82) is 0 Å². The summed E-state index contributed by atoms with van der Waals surface area (Å²) in [6.45, 7) is 0.928. The maximum Gasteiger partial charge on any atom is 0.332 e. The lowest BCUT2D eigenvalue weighted by Crippen LogP contribution is -2.37. The Balaban J connectivity index is 1.69. The number of pyridine rings is 1. The fourth-order valence-electron chi connectivity index (χ4n) is 2.90. The highest BCUT2D eigenvalue weighted by Crippen LogP contribution is 2.32. The highest BCUT2D eigenvalue weighted by molar-refractivity contribution is 6.04. The number of carbonyl (C=O) groups excluding carboxylic acids is 1. The van der Waals surface area contributed by atoms with Gasteiger partial charge in [-0.3, -0.25) is 18.7 Å². The summed E-state index contributed by atoms with van der Waals surface area (Å²) in [6, 6.07) is 8.01. The first-order valence-electron chi connectivity index (χ1n) is 8.23. The molecule has 138 valence electrons. The Morgan fingerprint density at radius 1 is 1.04 bits per heavy atom. The van der Waals surface area contributed by atoms with Crippen LogP contribution in [0, 0.1) is 0 Å². The summed E-state index contributed by atoms with van der Waals surface area (Å²) in [5, 5.41) is 2.99. The number of benzene rings is 1. The van der Waals surface area contributed by atoms with Crippen LogP contribution in [0.15, 0.2) is 39.9 Å². The van der Waals surface area contributed by atoms with Crippen molar-refractivity contribution in [3.05, 3.63) is 56.9 Å². The van der Waals surface area contributed by atoms with Gasteiger partial charge in [-0.2, -0.15) is 0 Å². The van der Waals surface area contributed by atoms with E-state index in [1.807, 2.05) is 0 Å². The van der Waals surface area contributed by atoms with Crippen molar-refractivity contribution in [1.82, 2.24) is 14.1 Å². The second kappa shape index (κ2) is 6.27. The van der Waals surface area contributed by atoms with Crippen LogP contribution < -0.4 is 26.0 Å². The highest BCUT2D eigenvalue weighted by Gasteiger charge is 2.16. The Morgan fingerprint density at radius 3 is 2.56 bits per heavy atom. The summed E-state index contributed by atoms with van der Waals surface area (Å²) in [5.74, 6) is 0.701. The second-order valence-corrected chi connectivity index (χ2v) is 6.09. The Kier molecular flexibility index (Phi) is 3.91. The summed E-state index contributed by atoms with van der Waals surface area (Å²) in [6.07, 6.45) is 0. The summed E-state index contributed by atoms with van der Waals surface area (Å²) in [7, 11) is 2.90. The number of anilines is 1. The average Bonchev–Trinajstić information content (AvgIpc) is 2.70. The van der Waals surface area contributed by atoms with E-state index in [0.717, 1.165) is 4.57 Å². The van der Waals surface area contributed by atoms with Crippen LogP contribution in [0.3, 0.4) is 0 Å². The van der Waals surface area contributed by atoms with Crippen LogP contribution >= 0.6 is 0 Å². The van der Waals surface area contributed by atoms with Gasteiger partial charge < -0.3 is 14.8 Å². The lowest BCUT2D eigenvalue weighted by molar-refractivity contribution is 0.102. The predicted octanol–water partition coefficient (Wildman–Crippen LogP) is 0.656. The number of rotatable bonds is 2. The third-order valence-electron chi connectivity index (χ3n) is 4.33. The fraction of sp³-hybridized carbons (Fsp3) is 0.222. The van der Waals surface area contributed by atoms with Crippen molar-refractivity contribution >= 4 is 22.6 Å². The van der Waals surface area contributed by atoms with Crippen LogP contribution in [0.2, 0.25) is 0 Å². The summed E-state index contributed by atoms with van der Waals surface area (Å²) in [4.78, 5) is 41.0. The Bertz CT molecular complexity index is 1190. The van der Waals surface area contributed by atoms with Crippen LogP contribution in [0.25, 0.3) is 11.0 Å². The molecule has 9 nitrogen and oxygen atoms in total. The van der Waals surface area contributed by atoms with E-state index in [4.69, 9.17) is 9.47 Å². The molecule has 0 saturated carbocycles. The molecule has 0 atom stereocenters. The topological polar surface area (TPSA) is 104 Å². The third kappa shape index (κ3) is 2.82. The zero-order valence-corrected chi connectivity index (χ0v) is 14.7. The lowest BCUT2D eigenvalue weighted by atomic mass is 10.2. The first-order valence-corrected chi connectivity index (χ1v) is 8.23. The van der Waals surface area contributed by atoms with E-state index in [2.05, 4.69) is 10.3 Å². The van der Waals surface area contributed by atoms with Gasteiger partial charge in [-0.05, 0) is 24.3 Å². The second-order valence-electron chi connectivity index (χ2n) is 6.09. The van der Waals surface area contributed by atoms with Crippen molar-refractivity contribution in [2.45, 2.75) is 0 Å². The number of fused-ring (bicyclic) bond motifs is 2. The van der Waals surface area contributed by atoms with E-state index >= 15 is 0 Å². The molecule has 1 amide bonds. The molecule has 1 aliphatic rings. The van der Waals surface area contributed by atoms with E-state index in [1.165, 1.54) is 30.8 Å². The maximum absolute atomic E-state index is 12.6. The van der Waals surface area contributed by atoms with Gasteiger partial charge in [-0.25, -0.2) is 9.78 Å². The van der Waals surface area contributed by atoms with Crippen molar-refractivity contribution in [2.24, 2.45) is 14.1 Å². The zero-order chi connectivity index (χ0) is 19.1.